The molecule has 1 fully saturated rings. The van der Waals surface area contributed by atoms with Gasteiger partial charge >= 0.3 is 0 Å². The molecule has 1 N–H and O–H groups in total. The third-order valence-corrected chi connectivity index (χ3v) is 9.91. The second kappa shape index (κ2) is 13.1. The van der Waals surface area contributed by atoms with Crippen LogP contribution in [0.5, 0.6) is 0 Å². The first kappa shape index (κ1) is 30.4. The fraction of sp³-hybridized carbons (Fsp3) is 0.314. The average Bonchev–Trinajstić information content (AvgIpc) is 3.02. The number of likely N-dealkylation sites (tertiary alicyclic amines) is 1. The van der Waals surface area contributed by atoms with E-state index in [0.717, 1.165) is 18.4 Å². The summed E-state index contributed by atoms with van der Waals surface area (Å²) in [5, 5.41) is 1.19. The van der Waals surface area contributed by atoms with Crippen molar-refractivity contribution in [1.29, 1.82) is 0 Å². The van der Waals surface area contributed by atoms with Crippen LogP contribution in [0.1, 0.15) is 55.5 Å². The number of piperidine rings is 1. The van der Waals surface area contributed by atoms with Crippen LogP contribution in [0.4, 0.5) is 11.4 Å². The lowest BCUT2D eigenvalue weighted by molar-refractivity contribution is -0.133. The molecule has 5 rings (SSSR count). The molecule has 0 aliphatic carbocycles. The molecular weight excluding hydrogens is 558 g/mol. The molecule has 4 aromatic carbocycles. The van der Waals surface area contributed by atoms with E-state index in [1.807, 2.05) is 98.5 Å². The fourth-order valence-electron chi connectivity index (χ4n) is 6.02. The Morgan fingerprint density at radius 1 is 0.884 bits per heavy atom. The smallest absolute Gasteiger partial charge is 0.263 e. The number of hydrogen-bond donors (Lipinski definition) is 1. The number of sulfonamides is 1. The van der Waals surface area contributed by atoms with E-state index >= 15 is 0 Å². The molecule has 7 nitrogen and oxygen atoms in total. The van der Waals surface area contributed by atoms with Crippen molar-refractivity contribution in [3.8, 4) is 0 Å². The Kier molecular flexibility index (Phi) is 9.28. The molecule has 0 aromatic heterocycles. The average molecular weight is 598 g/mol. The first-order chi connectivity index (χ1) is 20.7. The molecule has 1 aliphatic heterocycles. The molecule has 1 saturated heterocycles. The number of nitrogens with zero attached hydrogens (tertiary/aromatic N) is 2. The fourth-order valence-corrected chi connectivity index (χ4v) is 7.57. The van der Waals surface area contributed by atoms with Crippen LogP contribution in [-0.2, 0) is 14.8 Å². The van der Waals surface area contributed by atoms with Gasteiger partial charge in [0.2, 0.25) is 15.9 Å². The Balaban J connectivity index is 1.53. The number of nitrogens with one attached hydrogen (secondary N) is 1. The number of anilines is 2. The summed E-state index contributed by atoms with van der Waals surface area (Å²) >= 11 is 0. The molecular formula is C35H39N3O4S. The summed E-state index contributed by atoms with van der Waals surface area (Å²) in [6.07, 6.45) is 2.63. The number of carbonyl (C=O) groups excluding carboxylic acids is 2. The maximum absolute atomic E-state index is 14.1. The quantitative estimate of drug-likeness (QED) is 0.229. The van der Waals surface area contributed by atoms with Crippen LogP contribution >= 0.6 is 0 Å². The number of benzene rings is 4. The lowest BCUT2D eigenvalue weighted by atomic mass is 9.90. The Labute approximate surface area is 254 Å². The van der Waals surface area contributed by atoms with Gasteiger partial charge in [0.25, 0.3) is 5.91 Å². The van der Waals surface area contributed by atoms with Gasteiger partial charge in [-0.25, -0.2) is 13.1 Å². The van der Waals surface area contributed by atoms with Gasteiger partial charge in [0, 0.05) is 47.6 Å². The summed E-state index contributed by atoms with van der Waals surface area (Å²) in [4.78, 5) is 30.3. The highest BCUT2D eigenvalue weighted by atomic mass is 32.2. The number of para-hydroxylation sites is 1. The molecule has 2 atom stereocenters. The minimum atomic E-state index is -3.92. The second-order valence-corrected chi connectivity index (χ2v) is 12.9. The molecule has 0 saturated carbocycles. The predicted molar refractivity (Wildman–Crippen MR) is 172 cm³/mol. The van der Waals surface area contributed by atoms with E-state index < -0.39 is 10.0 Å². The van der Waals surface area contributed by atoms with Gasteiger partial charge in [0.15, 0.2) is 0 Å². The van der Waals surface area contributed by atoms with E-state index in [4.69, 9.17) is 0 Å². The first-order valence-electron chi connectivity index (χ1n) is 15.0. The van der Waals surface area contributed by atoms with E-state index in [1.54, 1.807) is 23.1 Å². The number of carbonyl (C=O) groups is 2. The van der Waals surface area contributed by atoms with Crippen LogP contribution in [-0.4, -0.2) is 44.3 Å². The lowest BCUT2D eigenvalue weighted by Gasteiger charge is -2.38. The number of hydrogen-bond acceptors (Lipinski definition) is 4. The van der Waals surface area contributed by atoms with Crippen LogP contribution in [0, 0.1) is 12.8 Å². The maximum atomic E-state index is 14.1. The van der Waals surface area contributed by atoms with Crippen molar-refractivity contribution < 1.29 is 18.0 Å². The highest BCUT2D eigenvalue weighted by molar-refractivity contribution is 7.89. The zero-order chi connectivity index (χ0) is 30.6. The van der Waals surface area contributed by atoms with Gasteiger partial charge in [0.05, 0.1) is 10.6 Å². The SMILES string of the molecule is CCCC(=O)N1CCC(NS(=O)(=O)c2ccc(N(C(=O)c3ccccc3C)c3ccccc3)c3ccccc23)C(CC)C1. The number of amides is 2. The topological polar surface area (TPSA) is 86.8 Å². The van der Waals surface area contributed by atoms with Gasteiger partial charge in [-0.05, 0) is 61.6 Å². The van der Waals surface area contributed by atoms with Gasteiger partial charge in [-0.15, -0.1) is 0 Å². The summed E-state index contributed by atoms with van der Waals surface area (Å²) in [7, 11) is -3.92. The van der Waals surface area contributed by atoms with E-state index in [9.17, 15) is 18.0 Å². The Bertz CT molecular complexity index is 1720. The van der Waals surface area contributed by atoms with Crippen LogP contribution in [0.25, 0.3) is 10.8 Å². The summed E-state index contributed by atoms with van der Waals surface area (Å²) in [6.45, 7) is 7.02. The predicted octanol–water partition coefficient (Wildman–Crippen LogP) is 6.83. The first-order valence-corrected chi connectivity index (χ1v) is 16.5. The summed E-state index contributed by atoms with van der Waals surface area (Å²) in [6, 6.07) is 27.2. The van der Waals surface area contributed by atoms with Crippen molar-refractivity contribution in [2.24, 2.45) is 5.92 Å². The maximum Gasteiger partial charge on any atom is 0.263 e. The standard InChI is InChI=1S/C35H39N3O4S/c1-4-13-34(39)37-23-22-31(26(5-2)24-37)36-43(41,42)33-21-20-32(29-18-11-12-19-30(29)33)38(27-15-7-6-8-16-27)35(40)28-17-10-9-14-25(28)3/h6-12,14-21,26,31,36H,4-5,13,22-24H2,1-3H3. The van der Waals surface area contributed by atoms with E-state index in [0.29, 0.717) is 53.6 Å². The summed E-state index contributed by atoms with van der Waals surface area (Å²) < 4.78 is 30.9. The monoisotopic (exact) mass is 597 g/mol. The minimum absolute atomic E-state index is 0.0233. The molecule has 1 heterocycles. The van der Waals surface area contributed by atoms with Crippen LogP contribution in [0.15, 0.2) is 95.9 Å². The number of aryl methyl sites for hydroxylation is 1. The van der Waals surface area contributed by atoms with Crippen molar-refractivity contribution in [2.75, 3.05) is 18.0 Å². The van der Waals surface area contributed by atoms with E-state index in [2.05, 4.69) is 4.72 Å². The second-order valence-electron chi connectivity index (χ2n) is 11.2. The molecule has 2 unspecified atom stereocenters. The van der Waals surface area contributed by atoms with Crippen LogP contribution < -0.4 is 9.62 Å². The molecule has 4 aromatic rings. The van der Waals surface area contributed by atoms with Gasteiger partial charge < -0.3 is 4.90 Å². The molecule has 1 aliphatic rings. The molecule has 0 radical (unpaired) electrons. The Morgan fingerprint density at radius 2 is 1.56 bits per heavy atom. The largest absolute Gasteiger partial charge is 0.342 e. The van der Waals surface area contributed by atoms with Crippen molar-refractivity contribution in [3.63, 3.8) is 0 Å². The Morgan fingerprint density at radius 3 is 2.26 bits per heavy atom. The summed E-state index contributed by atoms with van der Waals surface area (Å²) in [5.74, 6) is -0.0411. The van der Waals surface area contributed by atoms with Crippen LogP contribution in [0.3, 0.4) is 0 Å². The number of rotatable bonds is 9. The normalized spacial score (nSPS) is 17.1. The highest BCUT2D eigenvalue weighted by Gasteiger charge is 2.34. The third-order valence-electron chi connectivity index (χ3n) is 8.37. The zero-order valence-electron chi connectivity index (χ0n) is 25.0. The van der Waals surface area contributed by atoms with Gasteiger partial charge in [-0.3, -0.25) is 14.5 Å². The molecule has 8 heteroatoms. The van der Waals surface area contributed by atoms with Gasteiger partial charge in [-0.2, -0.15) is 0 Å². The van der Waals surface area contributed by atoms with Gasteiger partial charge in [0.1, 0.15) is 0 Å². The molecule has 43 heavy (non-hydrogen) atoms. The lowest BCUT2D eigenvalue weighted by Crippen LogP contribution is -2.52. The third kappa shape index (κ3) is 6.36. The molecule has 0 bridgehead atoms. The van der Waals surface area contributed by atoms with Crippen molar-refractivity contribution in [2.45, 2.75) is 57.4 Å². The Hall–Kier alpha value is -4.01. The van der Waals surface area contributed by atoms with Crippen molar-refractivity contribution >= 4 is 44.0 Å². The molecule has 2 amide bonds. The molecule has 224 valence electrons. The van der Waals surface area contributed by atoms with E-state index in [1.165, 1.54) is 0 Å². The molecule has 0 spiro atoms. The number of fused-ring (bicyclic) bond motifs is 1. The van der Waals surface area contributed by atoms with Crippen molar-refractivity contribution in [3.05, 3.63) is 102 Å². The summed E-state index contributed by atoms with van der Waals surface area (Å²) in [5.41, 5.74) is 2.71. The zero-order valence-corrected chi connectivity index (χ0v) is 25.8. The van der Waals surface area contributed by atoms with E-state index in [-0.39, 0.29) is 28.7 Å². The minimum Gasteiger partial charge on any atom is -0.342 e. The van der Waals surface area contributed by atoms with Crippen LogP contribution in [0.2, 0.25) is 0 Å². The van der Waals surface area contributed by atoms with Gasteiger partial charge in [-0.1, -0.05) is 80.9 Å². The van der Waals surface area contributed by atoms with Crippen molar-refractivity contribution in [1.82, 2.24) is 9.62 Å². The highest BCUT2D eigenvalue weighted by Crippen LogP contribution is 2.37.